The van der Waals surface area contributed by atoms with E-state index in [-0.39, 0.29) is 30.9 Å². The molecule has 7 heteroatoms. The van der Waals surface area contributed by atoms with Gasteiger partial charge in [-0.1, -0.05) is 47.3 Å². The maximum atomic E-state index is 13.0. The fourth-order valence-electron chi connectivity index (χ4n) is 3.74. The SMILES string of the molecule is O=C1CN(C(=O)COC(=O)C2(c3ccc(Br)cc3)CCCCC2)CCN1. The minimum atomic E-state index is -0.682. The minimum absolute atomic E-state index is 0.0221. The van der Waals surface area contributed by atoms with E-state index < -0.39 is 5.41 Å². The van der Waals surface area contributed by atoms with E-state index in [2.05, 4.69) is 21.2 Å². The molecule has 1 heterocycles. The Morgan fingerprint density at radius 2 is 1.85 bits per heavy atom. The molecular formula is C19H23BrN2O4. The molecule has 0 atom stereocenters. The van der Waals surface area contributed by atoms with Gasteiger partial charge in [-0.05, 0) is 30.5 Å². The van der Waals surface area contributed by atoms with E-state index in [1.54, 1.807) is 0 Å². The molecule has 1 aliphatic heterocycles. The molecule has 26 heavy (non-hydrogen) atoms. The second-order valence-electron chi connectivity index (χ2n) is 6.89. The third kappa shape index (κ3) is 4.09. The van der Waals surface area contributed by atoms with Gasteiger partial charge in [-0.25, -0.2) is 0 Å². The van der Waals surface area contributed by atoms with Gasteiger partial charge >= 0.3 is 5.97 Å². The van der Waals surface area contributed by atoms with E-state index in [1.807, 2.05) is 24.3 Å². The Morgan fingerprint density at radius 3 is 2.50 bits per heavy atom. The monoisotopic (exact) mass is 422 g/mol. The van der Waals surface area contributed by atoms with Gasteiger partial charge in [0.25, 0.3) is 5.91 Å². The number of rotatable bonds is 4. The molecule has 2 fully saturated rings. The molecule has 2 amide bonds. The van der Waals surface area contributed by atoms with E-state index in [0.29, 0.717) is 13.1 Å². The fraction of sp³-hybridized carbons (Fsp3) is 0.526. The van der Waals surface area contributed by atoms with Crippen LogP contribution in [0.25, 0.3) is 0 Å². The number of halogens is 1. The molecule has 2 aliphatic rings. The molecule has 0 radical (unpaired) electrons. The zero-order chi connectivity index (χ0) is 18.6. The van der Waals surface area contributed by atoms with Crippen molar-refractivity contribution in [1.29, 1.82) is 0 Å². The molecule has 140 valence electrons. The van der Waals surface area contributed by atoms with Crippen LogP contribution in [-0.4, -0.2) is 48.9 Å². The van der Waals surface area contributed by atoms with Crippen LogP contribution in [-0.2, 0) is 24.5 Å². The van der Waals surface area contributed by atoms with Gasteiger partial charge in [0, 0.05) is 17.6 Å². The predicted octanol–water partition coefficient (Wildman–Crippen LogP) is 2.15. The Kier molecular flexibility index (Phi) is 5.96. The van der Waals surface area contributed by atoms with Crippen LogP contribution >= 0.6 is 15.9 Å². The molecule has 0 bridgehead atoms. The van der Waals surface area contributed by atoms with E-state index in [9.17, 15) is 14.4 Å². The Bertz CT molecular complexity index is 683. The molecule has 3 rings (SSSR count). The normalized spacial score (nSPS) is 19.6. The summed E-state index contributed by atoms with van der Waals surface area (Å²) < 4.78 is 6.40. The van der Waals surface area contributed by atoms with Crippen LogP contribution in [0.1, 0.15) is 37.7 Å². The highest BCUT2D eigenvalue weighted by molar-refractivity contribution is 9.10. The van der Waals surface area contributed by atoms with Crippen molar-refractivity contribution >= 4 is 33.7 Å². The lowest BCUT2D eigenvalue weighted by Crippen LogP contribution is -2.51. The Labute approximate surface area is 161 Å². The van der Waals surface area contributed by atoms with Gasteiger partial charge in [-0.15, -0.1) is 0 Å². The van der Waals surface area contributed by atoms with Gasteiger partial charge in [0.15, 0.2) is 6.61 Å². The molecular weight excluding hydrogens is 400 g/mol. The molecule has 0 aromatic heterocycles. The highest BCUT2D eigenvalue weighted by atomic mass is 79.9. The highest BCUT2D eigenvalue weighted by Crippen LogP contribution is 2.41. The van der Waals surface area contributed by atoms with Crippen LogP contribution in [0.4, 0.5) is 0 Å². The van der Waals surface area contributed by atoms with Crippen LogP contribution in [0.3, 0.4) is 0 Å². The summed E-state index contributed by atoms with van der Waals surface area (Å²) in [6.07, 6.45) is 4.49. The number of hydrogen-bond acceptors (Lipinski definition) is 4. The van der Waals surface area contributed by atoms with E-state index >= 15 is 0 Å². The molecule has 1 N–H and O–H groups in total. The molecule has 1 aromatic rings. The van der Waals surface area contributed by atoms with E-state index in [4.69, 9.17) is 4.74 Å². The molecule has 0 unspecified atom stereocenters. The smallest absolute Gasteiger partial charge is 0.317 e. The molecule has 0 spiro atoms. The topological polar surface area (TPSA) is 75.7 Å². The standard InChI is InChI=1S/C19H23BrN2O4/c20-15-6-4-14(5-7-15)19(8-2-1-3-9-19)18(25)26-13-17(24)22-11-10-21-16(23)12-22/h4-7H,1-3,8-13H2,(H,21,23). The van der Waals surface area contributed by atoms with Crippen molar-refractivity contribution < 1.29 is 19.1 Å². The number of ether oxygens (including phenoxy) is 1. The average molecular weight is 423 g/mol. The summed E-state index contributed by atoms with van der Waals surface area (Å²) in [4.78, 5) is 38.1. The van der Waals surface area contributed by atoms with Gasteiger partial charge in [0.05, 0.1) is 12.0 Å². The first-order valence-electron chi connectivity index (χ1n) is 8.99. The van der Waals surface area contributed by atoms with Crippen molar-refractivity contribution in [3.8, 4) is 0 Å². The summed E-state index contributed by atoms with van der Waals surface area (Å²) in [5.41, 5.74) is 0.258. The second-order valence-corrected chi connectivity index (χ2v) is 7.81. The number of esters is 1. The summed E-state index contributed by atoms with van der Waals surface area (Å²) in [5.74, 6) is -0.848. The van der Waals surface area contributed by atoms with Gasteiger partial charge in [-0.3, -0.25) is 14.4 Å². The van der Waals surface area contributed by atoms with Gasteiger partial charge in [-0.2, -0.15) is 0 Å². The lowest BCUT2D eigenvalue weighted by molar-refractivity contribution is -0.159. The molecule has 6 nitrogen and oxygen atoms in total. The van der Waals surface area contributed by atoms with Crippen LogP contribution in [0.15, 0.2) is 28.7 Å². The van der Waals surface area contributed by atoms with Crippen molar-refractivity contribution in [1.82, 2.24) is 10.2 Å². The summed E-state index contributed by atoms with van der Waals surface area (Å²) in [5, 5.41) is 2.67. The average Bonchev–Trinajstić information content (AvgIpc) is 2.67. The Hall–Kier alpha value is -1.89. The van der Waals surface area contributed by atoms with Crippen molar-refractivity contribution in [3.63, 3.8) is 0 Å². The maximum absolute atomic E-state index is 13.0. The summed E-state index contributed by atoms with van der Waals surface area (Å²) in [7, 11) is 0. The molecule has 1 saturated heterocycles. The first kappa shape index (κ1) is 18.9. The lowest BCUT2D eigenvalue weighted by Gasteiger charge is -2.35. The number of carbonyl (C=O) groups is 3. The Balaban J connectivity index is 1.69. The fourth-order valence-corrected chi connectivity index (χ4v) is 4.01. The third-order valence-corrected chi connectivity index (χ3v) is 5.74. The summed E-state index contributed by atoms with van der Waals surface area (Å²) in [6, 6.07) is 7.76. The lowest BCUT2D eigenvalue weighted by atomic mass is 9.69. The summed E-state index contributed by atoms with van der Waals surface area (Å²) >= 11 is 3.42. The first-order valence-corrected chi connectivity index (χ1v) is 9.78. The number of benzene rings is 1. The van der Waals surface area contributed by atoms with Crippen LogP contribution in [0.2, 0.25) is 0 Å². The number of piperazine rings is 1. The first-order chi connectivity index (χ1) is 12.5. The van der Waals surface area contributed by atoms with Crippen molar-refractivity contribution in [2.45, 2.75) is 37.5 Å². The highest BCUT2D eigenvalue weighted by Gasteiger charge is 2.43. The number of amides is 2. The van der Waals surface area contributed by atoms with E-state index in [0.717, 1.165) is 42.1 Å². The number of carbonyl (C=O) groups excluding carboxylic acids is 3. The minimum Gasteiger partial charge on any atom is -0.455 e. The number of hydrogen-bond donors (Lipinski definition) is 1. The Morgan fingerprint density at radius 1 is 1.15 bits per heavy atom. The zero-order valence-electron chi connectivity index (χ0n) is 14.6. The molecule has 1 aromatic carbocycles. The number of nitrogens with one attached hydrogen (secondary N) is 1. The van der Waals surface area contributed by atoms with Gasteiger partial charge in [0.1, 0.15) is 0 Å². The van der Waals surface area contributed by atoms with Crippen LogP contribution in [0.5, 0.6) is 0 Å². The third-order valence-electron chi connectivity index (χ3n) is 5.21. The van der Waals surface area contributed by atoms with Crippen molar-refractivity contribution in [3.05, 3.63) is 34.3 Å². The summed E-state index contributed by atoms with van der Waals surface area (Å²) in [6.45, 7) is 0.583. The second kappa shape index (κ2) is 8.20. The zero-order valence-corrected chi connectivity index (χ0v) is 16.2. The largest absolute Gasteiger partial charge is 0.455 e. The number of nitrogens with zero attached hydrogens (tertiary/aromatic N) is 1. The molecule has 1 aliphatic carbocycles. The van der Waals surface area contributed by atoms with Crippen LogP contribution in [0, 0.1) is 0 Å². The van der Waals surface area contributed by atoms with Crippen molar-refractivity contribution in [2.75, 3.05) is 26.2 Å². The predicted molar refractivity (Wildman–Crippen MR) is 99.5 cm³/mol. The maximum Gasteiger partial charge on any atom is 0.317 e. The van der Waals surface area contributed by atoms with Crippen molar-refractivity contribution in [2.24, 2.45) is 0 Å². The van der Waals surface area contributed by atoms with E-state index in [1.165, 1.54) is 4.90 Å². The van der Waals surface area contributed by atoms with Crippen LogP contribution < -0.4 is 5.32 Å². The van der Waals surface area contributed by atoms with Gasteiger partial charge in [0.2, 0.25) is 5.91 Å². The van der Waals surface area contributed by atoms with Gasteiger partial charge < -0.3 is 15.0 Å². The molecule has 1 saturated carbocycles. The quantitative estimate of drug-likeness (QED) is 0.754.